The van der Waals surface area contributed by atoms with Crippen LogP contribution in [0.2, 0.25) is 0 Å². The zero-order valence-electron chi connectivity index (χ0n) is 24.2. The molecule has 5 rings (SSSR count). The lowest BCUT2D eigenvalue weighted by Crippen LogP contribution is -2.54. The van der Waals surface area contributed by atoms with Gasteiger partial charge in [-0.3, -0.25) is 0 Å². The van der Waals surface area contributed by atoms with Gasteiger partial charge in [0.05, 0.1) is 14.2 Å². The molecule has 218 valence electrons. The highest BCUT2D eigenvalue weighted by Crippen LogP contribution is 2.66. The molecule has 7 nitrogen and oxygen atoms in total. The summed E-state index contributed by atoms with van der Waals surface area (Å²) in [6.07, 6.45) is 7.38. The highest BCUT2D eigenvalue weighted by Gasteiger charge is 2.60. The summed E-state index contributed by atoms with van der Waals surface area (Å²) in [5, 5.41) is 0. The molecule has 3 fully saturated rings. The van der Waals surface area contributed by atoms with Gasteiger partial charge in [-0.05, 0) is 72.2 Å². The van der Waals surface area contributed by atoms with Gasteiger partial charge in [-0.25, -0.2) is 9.59 Å². The number of allylic oxidation sites excluding steroid dienone is 3. The van der Waals surface area contributed by atoms with Gasteiger partial charge in [0, 0.05) is 24.2 Å². The molecule has 0 radical (unpaired) electrons. The van der Waals surface area contributed by atoms with Crippen molar-refractivity contribution >= 4 is 23.5 Å². The first-order chi connectivity index (χ1) is 19.1. The average Bonchev–Trinajstić information content (AvgIpc) is 3.31. The molecule has 8 heteroatoms. The molecule has 0 N–H and O–H groups in total. The molecule has 4 aliphatic rings. The van der Waals surface area contributed by atoms with E-state index >= 15 is 0 Å². The number of fused-ring (bicyclic) bond motifs is 5. The number of benzene rings is 1. The number of hydrogen-bond acceptors (Lipinski definition) is 7. The molecule has 0 aromatic heterocycles. The summed E-state index contributed by atoms with van der Waals surface area (Å²) in [6.45, 7) is 6.93. The van der Waals surface area contributed by atoms with Crippen molar-refractivity contribution in [2.75, 3.05) is 20.0 Å². The van der Waals surface area contributed by atoms with Crippen LogP contribution in [0.4, 0.5) is 9.59 Å². The average molecular weight is 571 g/mol. The molecule has 0 spiro atoms. The van der Waals surface area contributed by atoms with Crippen molar-refractivity contribution in [3.05, 3.63) is 53.6 Å². The van der Waals surface area contributed by atoms with E-state index in [2.05, 4.69) is 32.9 Å². The van der Waals surface area contributed by atoms with Crippen LogP contribution < -0.4 is 0 Å². The molecule has 0 heterocycles. The van der Waals surface area contributed by atoms with Crippen molar-refractivity contribution in [3.63, 3.8) is 0 Å². The predicted molar refractivity (Wildman–Crippen MR) is 152 cm³/mol. The minimum atomic E-state index is -1.01. The molecule has 40 heavy (non-hydrogen) atoms. The molecule has 1 aromatic carbocycles. The minimum Gasteiger partial charge on any atom is -0.611 e. The second-order valence-corrected chi connectivity index (χ2v) is 14.0. The fourth-order valence-corrected chi connectivity index (χ4v) is 9.98. The van der Waals surface area contributed by atoms with E-state index in [9.17, 15) is 14.1 Å². The maximum Gasteiger partial charge on any atom is 0.508 e. The van der Waals surface area contributed by atoms with E-state index in [1.54, 1.807) is 0 Å². The van der Waals surface area contributed by atoms with Crippen molar-refractivity contribution in [2.24, 2.45) is 34.5 Å². The third-order valence-corrected chi connectivity index (χ3v) is 12.2. The SMILES string of the molecule is COC(=O)O[C@@H]1CC2=CC=C3[C@@H]4CC[C@H](C(C)C[S+]([O-])c5ccccc5)[C@@]4(C)CC[C@@H]3[C@@]2(C)[C@@H](OC(=O)OC)C1. The van der Waals surface area contributed by atoms with Crippen LogP contribution in [0.3, 0.4) is 0 Å². The third kappa shape index (κ3) is 5.06. The summed E-state index contributed by atoms with van der Waals surface area (Å²) in [5.41, 5.74) is 2.31. The van der Waals surface area contributed by atoms with Gasteiger partial charge in [-0.15, -0.1) is 0 Å². The molecule has 2 unspecified atom stereocenters. The fourth-order valence-electron chi connectivity index (χ4n) is 8.61. The van der Waals surface area contributed by atoms with E-state index in [-0.39, 0.29) is 11.3 Å². The second-order valence-electron chi connectivity index (χ2n) is 12.5. The van der Waals surface area contributed by atoms with Gasteiger partial charge in [0.1, 0.15) is 18.0 Å². The van der Waals surface area contributed by atoms with Crippen LogP contribution >= 0.6 is 0 Å². The van der Waals surface area contributed by atoms with Gasteiger partial charge in [-0.2, -0.15) is 0 Å². The van der Waals surface area contributed by atoms with Gasteiger partial charge in [-0.1, -0.05) is 62.3 Å². The molecule has 1 aromatic rings. The molecule has 0 saturated heterocycles. The van der Waals surface area contributed by atoms with Gasteiger partial charge < -0.3 is 23.5 Å². The van der Waals surface area contributed by atoms with Crippen molar-refractivity contribution in [1.29, 1.82) is 0 Å². The lowest BCUT2D eigenvalue weighted by molar-refractivity contribution is -0.0829. The molecular formula is C32H42O7S. The molecule has 0 bridgehead atoms. The molecule has 4 aliphatic carbocycles. The van der Waals surface area contributed by atoms with Crippen LogP contribution in [0, 0.1) is 34.5 Å². The fraction of sp³-hybridized carbons (Fsp3) is 0.625. The zero-order valence-corrected chi connectivity index (χ0v) is 25.0. The Morgan fingerprint density at radius 2 is 1.70 bits per heavy atom. The zero-order chi connectivity index (χ0) is 28.7. The standard InChI is InChI=1S/C32H42O7S/c1-20(19-40(35)23-9-7-6-8-10-23)25-13-14-26-24-12-11-21-17-22(38-29(33)36-4)18-28(39-30(34)37-5)32(21,3)27(24)15-16-31(25,26)2/h6-12,20,22,25-28H,13-19H2,1-5H3/t20?,22-,25-,26+,27+,28+,31-,32+,40?/m1/s1. The summed E-state index contributed by atoms with van der Waals surface area (Å²) < 4.78 is 34.2. The lowest BCUT2D eigenvalue weighted by Gasteiger charge is -2.57. The van der Waals surface area contributed by atoms with E-state index in [1.807, 2.05) is 30.3 Å². The summed E-state index contributed by atoms with van der Waals surface area (Å²) >= 11 is -1.01. The van der Waals surface area contributed by atoms with E-state index in [4.69, 9.17) is 18.9 Å². The molecule has 3 saturated carbocycles. The summed E-state index contributed by atoms with van der Waals surface area (Å²) in [7, 11) is 2.61. The Morgan fingerprint density at radius 1 is 1.00 bits per heavy atom. The van der Waals surface area contributed by atoms with Gasteiger partial charge in [0.15, 0.2) is 4.90 Å². The van der Waals surface area contributed by atoms with Crippen LogP contribution in [0.1, 0.15) is 59.3 Å². The third-order valence-electron chi connectivity index (χ3n) is 10.6. The van der Waals surface area contributed by atoms with E-state index in [0.29, 0.717) is 36.3 Å². The first-order valence-electron chi connectivity index (χ1n) is 14.5. The predicted octanol–water partition coefficient (Wildman–Crippen LogP) is 6.84. The van der Waals surface area contributed by atoms with Gasteiger partial charge >= 0.3 is 12.3 Å². The van der Waals surface area contributed by atoms with Crippen LogP contribution in [-0.2, 0) is 30.1 Å². The summed E-state index contributed by atoms with van der Waals surface area (Å²) in [4.78, 5) is 25.2. The Labute approximate surface area is 240 Å². The number of ether oxygens (including phenoxy) is 4. The molecule has 9 atom stereocenters. The Kier molecular flexibility index (Phi) is 8.31. The van der Waals surface area contributed by atoms with Crippen molar-refractivity contribution in [1.82, 2.24) is 0 Å². The number of rotatable bonds is 6. The number of carbonyl (C=O) groups is 2. The van der Waals surface area contributed by atoms with Gasteiger partial charge in [0.25, 0.3) is 0 Å². The monoisotopic (exact) mass is 570 g/mol. The van der Waals surface area contributed by atoms with E-state index < -0.39 is 41.1 Å². The Morgan fingerprint density at radius 3 is 2.40 bits per heavy atom. The van der Waals surface area contributed by atoms with E-state index in [1.165, 1.54) is 19.8 Å². The number of methoxy groups -OCH3 is 2. The first kappa shape index (κ1) is 29.1. The summed E-state index contributed by atoms with van der Waals surface area (Å²) in [6, 6.07) is 9.79. The Hall–Kier alpha value is -2.45. The van der Waals surface area contributed by atoms with Crippen LogP contribution in [0.15, 0.2) is 58.5 Å². The maximum absolute atomic E-state index is 13.2. The van der Waals surface area contributed by atoms with Gasteiger partial charge in [0.2, 0.25) is 0 Å². The lowest BCUT2D eigenvalue weighted by atomic mass is 9.49. The molecule has 0 amide bonds. The first-order valence-corrected chi connectivity index (χ1v) is 15.8. The van der Waals surface area contributed by atoms with E-state index in [0.717, 1.165) is 36.2 Å². The van der Waals surface area contributed by atoms with Crippen molar-refractivity contribution < 1.29 is 33.1 Å². The number of hydrogen-bond donors (Lipinski definition) is 0. The Bertz CT molecular complexity index is 1170. The normalized spacial score (nSPS) is 36.0. The smallest absolute Gasteiger partial charge is 0.508 e. The number of carbonyl (C=O) groups excluding carboxylic acids is 2. The second kappa shape index (κ2) is 11.4. The minimum absolute atomic E-state index is 0.133. The summed E-state index contributed by atoms with van der Waals surface area (Å²) in [5.74, 6) is 2.18. The van der Waals surface area contributed by atoms with Crippen LogP contribution in [0.5, 0.6) is 0 Å². The van der Waals surface area contributed by atoms with Crippen LogP contribution in [0.25, 0.3) is 0 Å². The molecular weight excluding hydrogens is 528 g/mol. The topological polar surface area (TPSA) is 94.1 Å². The largest absolute Gasteiger partial charge is 0.611 e. The Balaban J connectivity index is 1.39. The van der Waals surface area contributed by atoms with Crippen LogP contribution in [-0.4, -0.2) is 49.0 Å². The maximum atomic E-state index is 13.2. The van der Waals surface area contributed by atoms with Crippen molar-refractivity contribution in [2.45, 2.75) is 76.4 Å². The highest BCUT2D eigenvalue weighted by molar-refractivity contribution is 7.91. The quantitative estimate of drug-likeness (QED) is 0.273. The van der Waals surface area contributed by atoms with Crippen molar-refractivity contribution in [3.8, 4) is 0 Å². The highest BCUT2D eigenvalue weighted by atomic mass is 32.2. The molecule has 0 aliphatic heterocycles.